The van der Waals surface area contributed by atoms with Crippen LogP contribution in [0.3, 0.4) is 0 Å². The first kappa shape index (κ1) is 13.0. The van der Waals surface area contributed by atoms with Gasteiger partial charge in [0.15, 0.2) is 0 Å². The van der Waals surface area contributed by atoms with E-state index in [2.05, 4.69) is 10.6 Å². The van der Waals surface area contributed by atoms with E-state index in [0.29, 0.717) is 11.9 Å². The van der Waals surface area contributed by atoms with E-state index in [1.807, 2.05) is 12.1 Å². The van der Waals surface area contributed by atoms with Gasteiger partial charge in [0.2, 0.25) is 0 Å². The molecule has 0 bridgehead atoms. The van der Waals surface area contributed by atoms with Crippen molar-refractivity contribution in [1.29, 1.82) is 0 Å². The summed E-state index contributed by atoms with van der Waals surface area (Å²) >= 11 is 12.2. The lowest BCUT2D eigenvalue weighted by Crippen LogP contribution is -2.16. The lowest BCUT2D eigenvalue weighted by Gasteiger charge is -2.21. The number of nitrogens with zero attached hydrogens (tertiary/aromatic N) is 2. The molecule has 4 heteroatoms. The van der Waals surface area contributed by atoms with Crippen molar-refractivity contribution < 1.29 is 0 Å². The number of imidazole rings is 1. The fourth-order valence-electron chi connectivity index (χ4n) is 3.39. The molecular weight excluding hydrogens is 291 g/mol. The van der Waals surface area contributed by atoms with Gasteiger partial charge in [-0.15, -0.1) is 11.6 Å². The Kier molecular flexibility index (Phi) is 3.19. The summed E-state index contributed by atoms with van der Waals surface area (Å²) in [4.78, 5) is 4.80. The Morgan fingerprint density at radius 2 is 1.90 bits per heavy atom. The van der Waals surface area contributed by atoms with Crippen LogP contribution in [0, 0.1) is 11.8 Å². The van der Waals surface area contributed by atoms with Crippen LogP contribution in [-0.2, 0) is 6.42 Å². The first-order valence-electron chi connectivity index (χ1n) is 7.50. The third-order valence-electron chi connectivity index (χ3n) is 4.55. The minimum atomic E-state index is 0.622. The van der Waals surface area contributed by atoms with Crippen molar-refractivity contribution in [1.82, 2.24) is 9.55 Å². The Morgan fingerprint density at radius 1 is 1.20 bits per heavy atom. The summed E-state index contributed by atoms with van der Waals surface area (Å²) in [6.07, 6.45) is 6.29. The predicted molar refractivity (Wildman–Crippen MR) is 83.7 cm³/mol. The minimum absolute atomic E-state index is 0.622. The molecule has 0 unspecified atom stereocenters. The zero-order valence-electron chi connectivity index (χ0n) is 11.4. The summed E-state index contributed by atoms with van der Waals surface area (Å²) in [5.41, 5.74) is 2.25. The topological polar surface area (TPSA) is 17.8 Å². The van der Waals surface area contributed by atoms with Gasteiger partial charge in [-0.1, -0.05) is 11.6 Å². The van der Waals surface area contributed by atoms with Crippen LogP contribution in [-0.4, -0.2) is 15.4 Å². The van der Waals surface area contributed by atoms with Crippen molar-refractivity contribution in [3.63, 3.8) is 0 Å². The maximum atomic E-state index is 6.20. The zero-order valence-corrected chi connectivity index (χ0v) is 12.9. The van der Waals surface area contributed by atoms with Crippen LogP contribution < -0.4 is 0 Å². The quantitative estimate of drug-likeness (QED) is 0.723. The van der Waals surface area contributed by atoms with Crippen molar-refractivity contribution in [2.75, 3.05) is 5.88 Å². The Labute approximate surface area is 129 Å². The first-order valence-corrected chi connectivity index (χ1v) is 8.41. The molecule has 0 aliphatic heterocycles. The van der Waals surface area contributed by atoms with Crippen molar-refractivity contribution in [2.24, 2.45) is 11.8 Å². The molecule has 1 aromatic heterocycles. The molecule has 2 fully saturated rings. The smallest absolute Gasteiger partial charge is 0.111 e. The highest BCUT2D eigenvalue weighted by atomic mass is 35.5. The second-order valence-corrected chi connectivity index (χ2v) is 6.95. The summed E-state index contributed by atoms with van der Waals surface area (Å²) in [6, 6.07) is 6.65. The molecule has 106 valence electrons. The van der Waals surface area contributed by atoms with E-state index in [-0.39, 0.29) is 0 Å². The van der Waals surface area contributed by atoms with Crippen molar-refractivity contribution >= 4 is 34.2 Å². The van der Waals surface area contributed by atoms with E-state index >= 15 is 0 Å². The van der Waals surface area contributed by atoms with Gasteiger partial charge in [0.1, 0.15) is 5.82 Å². The fraction of sp³-hybridized carbons (Fsp3) is 0.562. The van der Waals surface area contributed by atoms with Crippen LogP contribution in [0.2, 0.25) is 5.02 Å². The van der Waals surface area contributed by atoms with Crippen LogP contribution in [0.1, 0.15) is 37.5 Å². The fourth-order valence-corrected chi connectivity index (χ4v) is 3.73. The highest BCUT2D eigenvalue weighted by molar-refractivity contribution is 6.31. The van der Waals surface area contributed by atoms with Gasteiger partial charge in [0.25, 0.3) is 0 Å². The zero-order chi connectivity index (χ0) is 13.7. The lowest BCUT2D eigenvalue weighted by molar-refractivity contribution is 0.393. The van der Waals surface area contributed by atoms with Gasteiger partial charge in [-0.05, 0) is 55.7 Å². The molecule has 2 aliphatic rings. The lowest BCUT2D eigenvalue weighted by atomic mass is 10.1. The van der Waals surface area contributed by atoms with Gasteiger partial charge >= 0.3 is 0 Å². The SMILES string of the molecule is ClCCc1nc2ccc(Cl)cc2n1C(C1CC1)C1CC1. The van der Waals surface area contributed by atoms with E-state index in [0.717, 1.165) is 34.6 Å². The Balaban J connectivity index is 1.88. The number of halogens is 2. The molecule has 0 amide bonds. The number of alkyl halides is 1. The summed E-state index contributed by atoms with van der Waals surface area (Å²) in [7, 11) is 0. The third-order valence-corrected chi connectivity index (χ3v) is 4.97. The molecule has 0 spiro atoms. The van der Waals surface area contributed by atoms with E-state index in [1.165, 1.54) is 31.2 Å². The molecular formula is C16H18Cl2N2. The van der Waals surface area contributed by atoms with Crippen LogP contribution in [0.15, 0.2) is 18.2 Å². The Hall–Kier alpha value is -0.730. The standard InChI is InChI=1S/C16H18Cl2N2/c17-8-7-15-19-13-6-5-12(18)9-14(13)20(15)16(10-1-2-10)11-3-4-11/h5-6,9-11,16H,1-4,7-8H2. The second-order valence-electron chi connectivity index (χ2n) is 6.14. The summed E-state index contributed by atoms with van der Waals surface area (Å²) in [5.74, 6) is 3.45. The van der Waals surface area contributed by atoms with E-state index in [9.17, 15) is 0 Å². The number of aryl methyl sites for hydroxylation is 1. The van der Waals surface area contributed by atoms with Crippen LogP contribution in [0.5, 0.6) is 0 Å². The van der Waals surface area contributed by atoms with Crippen molar-refractivity contribution in [3.8, 4) is 0 Å². The van der Waals surface area contributed by atoms with Gasteiger partial charge in [-0.3, -0.25) is 0 Å². The number of hydrogen-bond donors (Lipinski definition) is 0. The molecule has 2 nitrogen and oxygen atoms in total. The highest BCUT2D eigenvalue weighted by Crippen LogP contribution is 2.53. The predicted octanol–water partition coefficient (Wildman–Crippen LogP) is 4.83. The molecule has 1 aromatic carbocycles. The Morgan fingerprint density at radius 3 is 2.50 bits per heavy atom. The number of rotatable bonds is 5. The molecule has 0 N–H and O–H groups in total. The molecule has 20 heavy (non-hydrogen) atoms. The van der Waals surface area contributed by atoms with Gasteiger partial charge in [-0.2, -0.15) is 0 Å². The molecule has 2 saturated carbocycles. The number of aromatic nitrogens is 2. The third kappa shape index (κ3) is 2.23. The van der Waals surface area contributed by atoms with E-state index < -0.39 is 0 Å². The number of fused-ring (bicyclic) bond motifs is 1. The monoisotopic (exact) mass is 308 g/mol. The molecule has 1 heterocycles. The second kappa shape index (κ2) is 4.92. The van der Waals surface area contributed by atoms with Crippen molar-refractivity contribution in [3.05, 3.63) is 29.0 Å². The minimum Gasteiger partial charge on any atom is -0.324 e. The van der Waals surface area contributed by atoms with Crippen LogP contribution >= 0.6 is 23.2 Å². The molecule has 0 saturated heterocycles. The molecule has 2 aliphatic carbocycles. The van der Waals surface area contributed by atoms with E-state index in [4.69, 9.17) is 28.2 Å². The van der Waals surface area contributed by atoms with Crippen LogP contribution in [0.25, 0.3) is 11.0 Å². The Bertz CT molecular complexity index is 629. The van der Waals surface area contributed by atoms with Gasteiger partial charge in [0.05, 0.1) is 11.0 Å². The van der Waals surface area contributed by atoms with Gasteiger partial charge < -0.3 is 4.57 Å². The maximum absolute atomic E-state index is 6.20. The van der Waals surface area contributed by atoms with Gasteiger partial charge in [0, 0.05) is 23.4 Å². The number of benzene rings is 1. The average molecular weight is 309 g/mol. The molecule has 0 radical (unpaired) electrons. The average Bonchev–Trinajstić information content (AvgIpc) is 3.32. The number of hydrogen-bond acceptors (Lipinski definition) is 1. The first-order chi connectivity index (χ1) is 9.78. The van der Waals surface area contributed by atoms with Crippen molar-refractivity contribution in [2.45, 2.75) is 38.1 Å². The summed E-state index contributed by atoms with van der Waals surface area (Å²) < 4.78 is 2.47. The van der Waals surface area contributed by atoms with Gasteiger partial charge in [-0.25, -0.2) is 4.98 Å². The molecule has 4 rings (SSSR count). The normalized spacial score (nSPS) is 19.1. The largest absolute Gasteiger partial charge is 0.324 e. The van der Waals surface area contributed by atoms with E-state index in [1.54, 1.807) is 0 Å². The summed E-state index contributed by atoms with van der Waals surface area (Å²) in [5, 5.41) is 0.793. The molecule has 0 atom stereocenters. The highest BCUT2D eigenvalue weighted by Gasteiger charge is 2.43. The maximum Gasteiger partial charge on any atom is 0.111 e. The molecule has 2 aromatic rings. The summed E-state index contributed by atoms with van der Waals surface area (Å²) in [6.45, 7) is 0. The van der Waals surface area contributed by atoms with Crippen LogP contribution in [0.4, 0.5) is 0 Å².